The number of nitrogens with one attached hydrogen (secondary N) is 1. The molecule has 6 nitrogen and oxygen atoms in total. The number of amides is 1. The number of hydrazone groups is 1. The summed E-state index contributed by atoms with van der Waals surface area (Å²) < 4.78 is 1.37. The molecule has 0 aliphatic rings. The first kappa shape index (κ1) is 19.5. The van der Waals surface area contributed by atoms with E-state index in [4.69, 9.17) is 0 Å². The molecule has 0 spiro atoms. The molecule has 2 aromatic carbocycles. The Morgan fingerprint density at radius 1 is 1.18 bits per heavy atom. The smallest absolute Gasteiger partial charge is 0.267 e. The van der Waals surface area contributed by atoms with Crippen LogP contribution >= 0.6 is 0 Å². The Labute approximate surface area is 163 Å². The van der Waals surface area contributed by atoms with Gasteiger partial charge in [-0.05, 0) is 37.5 Å². The third-order valence-corrected chi connectivity index (χ3v) is 4.60. The summed E-state index contributed by atoms with van der Waals surface area (Å²) >= 11 is 0. The van der Waals surface area contributed by atoms with Crippen LogP contribution in [0, 0.1) is 13.8 Å². The van der Waals surface area contributed by atoms with Gasteiger partial charge in [0.05, 0.1) is 11.6 Å². The van der Waals surface area contributed by atoms with Crippen LogP contribution in [-0.4, -0.2) is 21.9 Å². The standard InChI is InChI=1S/C22H24N4O2/c1-4-5-12-26-22(28)19-9-7-6-8-18(19)20(25-26)21(27)24-23-14-17-11-10-15(2)13-16(17)3/h6-11,13-14H,4-5,12H2,1-3H3,(H,24,27)/b23-14+. The fraction of sp³-hybridized carbons (Fsp3) is 0.273. The van der Waals surface area contributed by atoms with Crippen molar-refractivity contribution in [2.24, 2.45) is 5.10 Å². The van der Waals surface area contributed by atoms with Crippen molar-refractivity contribution < 1.29 is 4.79 Å². The van der Waals surface area contributed by atoms with Crippen molar-refractivity contribution in [3.8, 4) is 0 Å². The zero-order valence-electron chi connectivity index (χ0n) is 16.4. The highest BCUT2D eigenvalue weighted by molar-refractivity contribution is 6.05. The second kappa shape index (κ2) is 8.61. The molecule has 0 fully saturated rings. The largest absolute Gasteiger partial charge is 0.292 e. The molecule has 0 bridgehead atoms. The number of carbonyl (C=O) groups is 1. The molecule has 1 aromatic heterocycles. The SMILES string of the molecule is CCCCn1nc(C(=O)N/N=C/c2ccc(C)cc2C)c2ccccc2c1=O. The minimum absolute atomic E-state index is 0.181. The molecule has 0 saturated carbocycles. The van der Waals surface area contributed by atoms with Gasteiger partial charge in [-0.3, -0.25) is 9.59 Å². The monoisotopic (exact) mass is 376 g/mol. The Bertz CT molecular complexity index is 1100. The molecule has 1 N–H and O–H groups in total. The highest BCUT2D eigenvalue weighted by Crippen LogP contribution is 2.13. The Balaban J connectivity index is 1.91. The van der Waals surface area contributed by atoms with E-state index in [2.05, 4.69) is 21.7 Å². The van der Waals surface area contributed by atoms with Crippen molar-refractivity contribution >= 4 is 22.9 Å². The highest BCUT2D eigenvalue weighted by atomic mass is 16.2. The van der Waals surface area contributed by atoms with Gasteiger partial charge >= 0.3 is 0 Å². The molecule has 28 heavy (non-hydrogen) atoms. The number of unbranched alkanes of at least 4 members (excludes halogenated alkanes) is 1. The first-order valence-electron chi connectivity index (χ1n) is 9.41. The van der Waals surface area contributed by atoms with Crippen LogP contribution in [0.5, 0.6) is 0 Å². The number of nitrogens with zero attached hydrogens (tertiary/aromatic N) is 3. The van der Waals surface area contributed by atoms with Crippen LogP contribution < -0.4 is 11.0 Å². The summed E-state index contributed by atoms with van der Waals surface area (Å²) in [5.74, 6) is -0.442. The number of benzene rings is 2. The summed E-state index contributed by atoms with van der Waals surface area (Å²) in [5, 5.41) is 9.40. The Morgan fingerprint density at radius 2 is 1.93 bits per heavy atom. The molecule has 0 atom stereocenters. The van der Waals surface area contributed by atoms with Gasteiger partial charge in [-0.2, -0.15) is 10.2 Å². The molecule has 3 rings (SSSR count). The highest BCUT2D eigenvalue weighted by Gasteiger charge is 2.16. The van der Waals surface area contributed by atoms with Crippen molar-refractivity contribution in [1.29, 1.82) is 0 Å². The van der Waals surface area contributed by atoms with Gasteiger partial charge in [-0.25, -0.2) is 10.1 Å². The maximum Gasteiger partial charge on any atom is 0.292 e. The van der Waals surface area contributed by atoms with Crippen molar-refractivity contribution in [1.82, 2.24) is 15.2 Å². The van der Waals surface area contributed by atoms with E-state index >= 15 is 0 Å². The van der Waals surface area contributed by atoms with Gasteiger partial charge in [-0.15, -0.1) is 0 Å². The topological polar surface area (TPSA) is 76.3 Å². The van der Waals surface area contributed by atoms with E-state index in [1.165, 1.54) is 10.2 Å². The normalized spacial score (nSPS) is 11.2. The van der Waals surface area contributed by atoms with E-state index in [1.807, 2.05) is 32.9 Å². The van der Waals surface area contributed by atoms with Gasteiger partial charge in [-0.1, -0.05) is 55.3 Å². The van der Waals surface area contributed by atoms with E-state index in [9.17, 15) is 9.59 Å². The molecule has 0 aliphatic carbocycles. The summed E-state index contributed by atoms with van der Waals surface area (Å²) in [6.45, 7) is 6.54. The third kappa shape index (κ3) is 4.17. The molecule has 144 valence electrons. The van der Waals surface area contributed by atoms with E-state index in [0.717, 1.165) is 24.0 Å². The van der Waals surface area contributed by atoms with Crippen LogP contribution in [0.25, 0.3) is 10.8 Å². The zero-order valence-corrected chi connectivity index (χ0v) is 16.4. The van der Waals surface area contributed by atoms with Crippen LogP contribution in [0.4, 0.5) is 0 Å². The lowest BCUT2D eigenvalue weighted by atomic mass is 10.1. The van der Waals surface area contributed by atoms with E-state index in [1.54, 1.807) is 30.5 Å². The predicted octanol–water partition coefficient (Wildman–Crippen LogP) is 3.58. The van der Waals surface area contributed by atoms with Crippen LogP contribution in [0.3, 0.4) is 0 Å². The zero-order chi connectivity index (χ0) is 20.1. The summed E-state index contributed by atoms with van der Waals surface area (Å²) in [5.41, 5.74) is 5.73. The molecule has 0 unspecified atom stereocenters. The average molecular weight is 376 g/mol. The Morgan fingerprint density at radius 3 is 2.64 bits per heavy atom. The summed E-state index contributed by atoms with van der Waals surface area (Å²) in [4.78, 5) is 25.3. The minimum Gasteiger partial charge on any atom is -0.267 e. The first-order valence-corrected chi connectivity index (χ1v) is 9.41. The van der Waals surface area contributed by atoms with Gasteiger partial charge in [0.1, 0.15) is 0 Å². The number of fused-ring (bicyclic) bond motifs is 1. The van der Waals surface area contributed by atoms with Crippen LogP contribution in [0.1, 0.15) is 46.9 Å². The summed E-state index contributed by atoms with van der Waals surface area (Å²) in [6, 6.07) is 13.0. The van der Waals surface area contributed by atoms with E-state index in [-0.39, 0.29) is 11.3 Å². The van der Waals surface area contributed by atoms with Crippen LogP contribution in [0.2, 0.25) is 0 Å². The predicted molar refractivity (Wildman–Crippen MR) is 112 cm³/mol. The maximum atomic E-state index is 12.7. The van der Waals surface area contributed by atoms with Crippen molar-refractivity contribution in [2.75, 3.05) is 0 Å². The second-order valence-electron chi connectivity index (χ2n) is 6.84. The molecule has 1 heterocycles. The number of carbonyl (C=O) groups excluding carboxylic acids is 1. The Hall–Kier alpha value is -3.28. The fourth-order valence-electron chi connectivity index (χ4n) is 3.05. The van der Waals surface area contributed by atoms with E-state index in [0.29, 0.717) is 17.3 Å². The third-order valence-electron chi connectivity index (χ3n) is 4.60. The lowest BCUT2D eigenvalue weighted by Crippen LogP contribution is -2.29. The Kier molecular flexibility index (Phi) is 5.99. The molecular formula is C22H24N4O2. The number of aromatic nitrogens is 2. The van der Waals surface area contributed by atoms with Crippen molar-refractivity contribution in [2.45, 2.75) is 40.2 Å². The number of hydrogen-bond acceptors (Lipinski definition) is 4. The van der Waals surface area contributed by atoms with Crippen LogP contribution in [0.15, 0.2) is 52.4 Å². The molecule has 0 saturated heterocycles. The minimum atomic E-state index is -0.442. The van der Waals surface area contributed by atoms with Gasteiger partial charge in [0.25, 0.3) is 11.5 Å². The number of rotatable bonds is 6. The van der Waals surface area contributed by atoms with Gasteiger partial charge < -0.3 is 0 Å². The van der Waals surface area contributed by atoms with Gasteiger partial charge in [0.2, 0.25) is 0 Å². The van der Waals surface area contributed by atoms with Crippen LogP contribution in [-0.2, 0) is 6.54 Å². The molecule has 6 heteroatoms. The second-order valence-corrected chi connectivity index (χ2v) is 6.84. The average Bonchev–Trinajstić information content (AvgIpc) is 2.69. The molecule has 3 aromatic rings. The summed E-state index contributed by atoms with van der Waals surface area (Å²) in [6.07, 6.45) is 3.36. The molecular weight excluding hydrogens is 352 g/mol. The number of hydrogen-bond donors (Lipinski definition) is 1. The lowest BCUT2D eigenvalue weighted by Gasteiger charge is -2.09. The first-order chi connectivity index (χ1) is 13.5. The fourth-order valence-corrected chi connectivity index (χ4v) is 3.05. The number of aryl methyl sites for hydroxylation is 3. The molecule has 0 radical (unpaired) electrons. The molecule has 1 amide bonds. The maximum absolute atomic E-state index is 12.7. The van der Waals surface area contributed by atoms with Gasteiger partial charge in [0, 0.05) is 11.9 Å². The van der Waals surface area contributed by atoms with Gasteiger partial charge in [0.15, 0.2) is 5.69 Å². The van der Waals surface area contributed by atoms with Crippen molar-refractivity contribution in [3.05, 3.63) is 75.2 Å². The summed E-state index contributed by atoms with van der Waals surface area (Å²) in [7, 11) is 0. The van der Waals surface area contributed by atoms with Crippen molar-refractivity contribution in [3.63, 3.8) is 0 Å². The quantitative estimate of drug-likeness (QED) is 0.528. The molecule has 0 aliphatic heterocycles. The van der Waals surface area contributed by atoms with E-state index < -0.39 is 5.91 Å². The lowest BCUT2D eigenvalue weighted by molar-refractivity contribution is 0.0949.